The van der Waals surface area contributed by atoms with Crippen LogP contribution in [-0.2, 0) is 11.2 Å². The van der Waals surface area contributed by atoms with Crippen LogP contribution < -0.4 is 0 Å². The molecule has 1 aromatic carbocycles. The fraction of sp³-hybridized carbons (Fsp3) is 0.588. The summed E-state index contributed by atoms with van der Waals surface area (Å²) in [7, 11) is 0. The highest BCUT2D eigenvalue weighted by Crippen LogP contribution is 2.30. The van der Waals surface area contributed by atoms with Crippen molar-refractivity contribution in [3.05, 3.63) is 34.3 Å². The predicted molar refractivity (Wildman–Crippen MR) is 87.0 cm³/mol. The molecule has 0 aliphatic carbocycles. The summed E-state index contributed by atoms with van der Waals surface area (Å²) in [6.07, 6.45) is 4.82. The van der Waals surface area contributed by atoms with E-state index in [-0.39, 0.29) is 5.54 Å². The van der Waals surface area contributed by atoms with Crippen molar-refractivity contribution in [1.82, 2.24) is 4.90 Å². The number of ketones is 1. The summed E-state index contributed by atoms with van der Waals surface area (Å²) < 4.78 is 1.04. The topological polar surface area (TPSA) is 20.3 Å². The van der Waals surface area contributed by atoms with Crippen LogP contribution in [0.4, 0.5) is 0 Å². The van der Waals surface area contributed by atoms with Crippen molar-refractivity contribution >= 4 is 21.7 Å². The Hall–Kier alpha value is -0.670. The van der Waals surface area contributed by atoms with Gasteiger partial charge in [0.25, 0.3) is 0 Å². The molecule has 0 bridgehead atoms. The van der Waals surface area contributed by atoms with Crippen LogP contribution in [-0.4, -0.2) is 29.3 Å². The lowest BCUT2D eigenvalue weighted by atomic mass is 9.83. The number of carbonyl (C=O) groups excluding carboxylic acids is 1. The van der Waals surface area contributed by atoms with Crippen molar-refractivity contribution in [2.45, 2.75) is 51.5 Å². The molecule has 2 nitrogen and oxygen atoms in total. The number of nitrogens with zero attached hydrogens (tertiary/aromatic N) is 1. The first kappa shape index (κ1) is 15.7. The number of likely N-dealkylation sites (tertiary alicyclic amines) is 1. The van der Waals surface area contributed by atoms with Crippen LogP contribution in [0.15, 0.2) is 28.7 Å². The van der Waals surface area contributed by atoms with Crippen molar-refractivity contribution in [2.24, 2.45) is 0 Å². The molecular weight excluding hydrogens is 314 g/mol. The van der Waals surface area contributed by atoms with Crippen LogP contribution in [0.25, 0.3) is 0 Å². The summed E-state index contributed by atoms with van der Waals surface area (Å²) in [4.78, 5) is 15.4. The van der Waals surface area contributed by atoms with E-state index in [4.69, 9.17) is 0 Å². The summed E-state index contributed by atoms with van der Waals surface area (Å²) >= 11 is 3.48. The minimum absolute atomic E-state index is 0.251. The van der Waals surface area contributed by atoms with Gasteiger partial charge in [0.1, 0.15) is 0 Å². The molecule has 0 aromatic heterocycles. The summed E-state index contributed by atoms with van der Waals surface area (Å²) in [6, 6.07) is 8.10. The molecule has 1 fully saturated rings. The molecule has 1 aliphatic heterocycles. The molecule has 0 N–H and O–H groups in total. The average molecular weight is 338 g/mol. The van der Waals surface area contributed by atoms with E-state index in [0.29, 0.717) is 12.2 Å². The van der Waals surface area contributed by atoms with Crippen LogP contribution >= 0.6 is 15.9 Å². The Labute approximate surface area is 130 Å². The highest BCUT2D eigenvalue weighted by Gasteiger charge is 2.41. The lowest BCUT2D eigenvalue weighted by Gasteiger charge is -2.39. The van der Waals surface area contributed by atoms with E-state index in [2.05, 4.69) is 40.7 Å². The summed E-state index contributed by atoms with van der Waals surface area (Å²) in [5, 5.41) is 0. The first-order valence-electron chi connectivity index (χ1n) is 7.65. The van der Waals surface area contributed by atoms with Crippen LogP contribution in [0.5, 0.6) is 0 Å². The normalized spacial score (nSPS) is 16.6. The summed E-state index contributed by atoms with van der Waals surface area (Å²) in [6.45, 7) is 6.46. The van der Waals surface area contributed by atoms with Crippen LogP contribution in [0.2, 0.25) is 0 Å². The Kier molecular flexibility index (Phi) is 5.39. The molecule has 0 unspecified atom stereocenters. The minimum atomic E-state index is -0.251. The van der Waals surface area contributed by atoms with E-state index >= 15 is 0 Å². The van der Waals surface area contributed by atoms with E-state index in [1.807, 2.05) is 18.2 Å². The van der Waals surface area contributed by atoms with Gasteiger partial charge in [0, 0.05) is 10.9 Å². The Morgan fingerprint density at radius 2 is 1.90 bits per heavy atom. The van der Waals surface area contributed by atoms with Crippen LogP contribution in [0.1, 0.15) is 45.1 Å². The van der Waals surface area contributed by atoms with Gasteiger partial charge in [0.05, 0.1) is 5.54 Å². The molecule has 1 heterocycles. The van der Waals surface area contributed by atoms with E-state index in [0.717, 1.165) is 36.0 Å². The molecule has 110 valence electrons. The Balaban J connectivity index is 2.18. The second kappa shape index (κ2) is 6.86. The summed E-state index contributed by atoms with van der Waals surface area (Å²) in [5.41, 5.74) is 0.855. The monoisotopic (exact) mass is 337 g/mol. The maximum atomic E-state index is 12.9. The zero-order valence-corrected chi connectivity index (χ0v) is 14.1. The lowest BCUT2D eigenvalue weighted by molar-refractivity contribution is -0.130. The van der Waals surface area contributed by atoms with E-state index < -0.39 is 0 Å². The molecule has 0 saturated carbocycles. The number of Topliss-reactive ketones (excluding diaryl/α,β-unsaturated/α-hetero) is 1. The molecule has 1 aliphatic rings. The van der Waals surface area contributed by atoms with Crippen molar-refractivity contribution in [3.8, 4) is 0 Å². The smallest absolute Gasteiger partial charge is 0.157 e. The third kappa shape index (κ3) is 3.15. The molecule has 2 rings (SSSR count). The van der Waals surface area contributed by atoms with Crippen LogP contribution in [0.3, 0.4) is 0 Å². The Morgan fingerprint density at radius 1 is 1.25 bits per heavy atom. The van der Waals surface area contributed by atoms with Gasteiger partial charge in [-0.25, -0.2) is 0 Å². The van der Waals surface area contributed by atoms with Gasteiger partial charge >= 0.3 is 0 Å². The van der Waals surface area contributed by atoms with Gasteiger partial charge in [-0.2, -0.15) is 0 Å². The van der Waals surface area contributed by atoms with Crippen molar-refractivity contribution in [1.29, 1.82) is 0 Å². The SMILES string of the molecule is CCC(CC)(C(=O)Cc1cccc(Br)c1)N1CCCC1. The van der Waals surface area contributed by atoms with Crippen molar-refractivity contribution in [3.63, 3.8) is 0 Å². The molecule has 0 radical (unpaired) electrons. The largest absolute Gasteiger partial charge is 0.297 e. The Bertz CT molecular complexity index is 462. The molecule has 0 atom stereocenters. The first-order valence-corrected chi connectivity index (χ1v) is 8.44. The molecule has 1 saturated heterocycles. The number of halogens is 1. The number of rotatable bonds is 6. The predicted octanol–water partition coefficient (Wildman–Crippen LogP) is 4.22. The molecular formula is C17H24BrNO. The van der Waals surface area contributed by atoms with Crippen molar-refractivity contribution < 1.29 is 4.79 Å². The van der Waals surface area contributed by atoms with Crippen molar-refractivity contribution in [2.75, 3.05) is 13.1 Å². The molecule has 0 spiro atoms. The van der Waals surface area contributed by atoms with E-state index in [1.54, 1.807) is 0 Å². The molecule has 20 heavy (non-hydrogen) atoms. The van der Waals surface area contributed by atoms with Gasteiger partial charge < -0.3 is 0 Å². The highest BCUT2D eigenvalue weighted by atomic mass is 79.9. The zero-order chi connectivity index (χ0) is 14.6. The minimum Gasteiger partial charge on any atom is -0.297 e. The number of benzene rings is 1. The molecule has 0 amide bonds. The maximum Gasteiger partial charge on any atom is 0.157 e. The first-order chi connectivity index (χ1) is 9.62. The average Bonchev–Trinajstić information content (AvgIpc) is 2.95. The van der Waals surface area contributed by atoms with Gasteiger partial charge in [-0.1, -0.05) is 41.9 Å². The van der Waals surface area contributed by atoms with Gasteiger partial charge in [-0.05, 0) is 56.5 Å². The fourth-order valence-electron chi connectivity index (χ4n) is 3.41. The van der Waals surface area contributed by atoms with E-state index in [9.17, 15) is 4.79 Å². The Morgan fingerprint density at radius 3 is 2.45 bits per heavy atom. The zero-order valence-electron chi connectivity index (χ0n) is 12.5. The van der Waals surface area contributed by atoms with Gasteiger partial charge in [0.15, 0.2) is 5.78 Å². The van der Waals surface area contributed by atoms with E-state index in [1.165, 1.54) is 12.8 Å². The van der Waals surface area contributed by atoms with Crippen LogP contribution in [0, 0.1) is 0 Å². The number of hydrogen-bond donors (Lipinski definition) is 0. The second-order valence-corrected chi connectivity index (χ2v) is 6.58. The number of carbonyl (C=O) groups is 1. The van der Waals surface area contributed by atoms with Gasteiger partial charge in [0.2, 0.25) is 0 Å². The summed E-state index contributed by atoms with van der Waals surface area (Å²) in [5.74, 6) is 0.377. The number of hydrogen-bond acceptors (Lipinski definition) is 2. The molecule has 3 heteroatoms. The second-order valence-electron chi connectivity index (χ2n) is 5.66. The third-order valence-corrected chi connectivity index (χ3v) is 5.15. The standard InChI is InChI=1S/C17H24BrNO/c1-3-17(4-2,19-10-5-6-11-19)16(20)13-14-8-7-9-15(18)12-14/h7-9,12H,3-6,10-11,13H2,1-2H3. The lowest BCUT2D eigenvalue weighted by Crippen LogP contribution is -2.53. The maximum absolute atomic E-state index is 12.9. The third-order valence-electron chi connectivity index (χ3n) is 4.65. The highest BCUT2D eigenvalue weighted by molar-refractivity contribution is 9.10. The van der Waals surface area contributed by atoms with Gasteiger partial charge in [-0.15, -0.1) is 0 Å². The quantitative estimate of drug-likeness (QED) is 0.774. The molecule has 1 aromatic rings. The van der Waals surface area contributed by atoms with Gasteiger partial charge in [-0.3, -0.25) is 9.69 Å². The fourth-order valence-corrected chi connectivity index (χ4v) is 3.86.